The molecule has 1 saturated carbocycles. The minimum atomic E-state index is -4.29. The molecule has 2 aliphatic rings. The van der Waals surface area contributed by atoms with Crippen LogP contribution in [0.25, 0.3) is 11.4 Å². The van der Waals surface area contributed by atoms with E-state index in [0.717, 1.165) is 60.2 Å². The second kappa shape index (κ2) is 8.44. The van der Waals surface area contributed by atoms with E-state index < -0.39 is 11.7 Å². The number of hydrogen-bond donors (Lipinski definition) is 1. The standard InChI is InChI=1S/C22H26F3N7S/c1-30-14-16(13-26-30)19-27-28-20(31(19)2)33-11-3-9-32-10-8-21(29-32)12-18(21)15-4-6-17(7-5-15)22(23,24)25/h4-7,13-14,18,29H,3,8-12H2,1-2H3/t18-,21-/m0/s1. The van der Waals surface area contributed by atoms with Crippen LogP contribution in [0.15, 0.2) is 41.8 Å². The molecule has 2 atom stereocenters. The molecule has 7 nitrogen and oxygen atoms in total. The molecule has 0 amide bonds. The van der Waals surface area contributed by atoms with Crippen molar-refractivity contribution in [2.75, 3.05) is 18.8 Å². The van der Waals surface area contributed by atoms with Crippen LogP contribution in [-0.4, -0.2) is 53.9 Å². The molecule has 3 aromatic rings. The average Bonchev–Trinajstić information content (AvgIpc) is 3.06. The van der Waals surface area contributed by atoms with E-state index in [2.05, 4.69) is 25.7 Å². The van der Waals surface area contributed by atoms with E-state index in [1.165, 1.54) is 12.1 Å². The predicted octanol–water partition coefficient (Wildman–Crippen LogP) is 3.85. The first-order valence-electron chi connectivity index (χ1n) is 11.0. The monoisotopic (exact) mass is 477 g/mol. The minimum absolute atomic E-state index is 0.00903. The molecular weight excluding hydrogens is 451 g/mol. The molecule has 2 fully saturated rings. The summed E-state index contributed by atoms with van der Waals surface area (Å²) in [6.07, 6.45) is 2.40. The van der Waals surface area contributed by atoms with E-state index in [1.54, 1.807) is 34.8 Å². The topological polar surface area (TPSA) is 63.8 Å². The van der Waals surface area contributed by atoms with Gasteiger partial charge in [0.2, 0.25) is 0 Å². The number of alkyl halides is 3. The van der Waals surface area contributed by atoms with Gasteiger partial charge in [-0.15, -0.1) is 10.2 Å². The summed E-state index contributed by atoms with van der Waals surface area (Å²) in [6.45, 7) is 1.87. The van der Waals surface area contributed by atoms with E-state index in [1.807, 2.05) is 24.9 Å². The van der Waals surface area contributed by atoms with Gasteiger partial charge in [0.25, 0.3) is 0 Å². The molecule has 5 rings (SSSR count). The second-order valence-electron chi connectivity index (χ2n) is 8.85. The summed E-state index contributed by atoms with van der Waals surface area (Å²) < 4.78 is 42.2. The fourth-order valence-electron chi connectivity index (χ4n) is 4.62. The number of aromatic nitrogens is 5. The van der Waals surface area contributed by atoms with Crippen LogP contribution in [0, 0.1) is 0 Å². The summed E-state index contributed by atoms with van der Waals surface area (Å²) in [5, 5.41) is 15.9. The van der Waals surface area contributed by atoms with E-state index in [0.29, 0.717) is 0 Å². The molecule has 1 N–H and O–H groups in total. The Bertz CT molecular complexity index is 1120. The van der Waals surface area contributed by atoms with Gasteiger partial charge in [-0.3, -0.25) is 4.68 Å². The number of thioether (sulfide) groups is 1. The summed E-state index contributed by atoms with van der Waals surface area (Å²) in [5.41, 5.74) is 4.98. The Morgan fingerprint density at radius 1 is 1.18 bits per heavy atom. The smallest absolute Gasteiger partial charge is 0.305 e. The first kappa shape index (κ1) is 22.4. The van der Waals surface area contributed by atoms with Gasteiger partial charge in [0.15, 0.2) is 11.0 Å². The third kappa shape index (κ3) is 4.53. The minimum Gasteiger partial charge on any atom is -0.305 e. The van der Waals surface area contributed by atoms with Crippen molar-refractivity contribution in [2.45, 2.75) is 42.1 Å². The lowest BCUT2D eigenvalue weighted by Crippen LogP contribution is -2.38. The Morgan fingerprint density at radius 2 is 1.97 bits per heavy atom. The fraction of sp³-hybridized carbons (Fsp3) is 0.500. The van der Waals surface area contributed by atoms with E-state index >= 15 is 0 Å². The van der Waals surface area contributed by atoms with Crippen LogP contribution in [0.5, 0.6) is 0 Å². The van der Waals surface area contributed by atoms with Gasteiger partial charge >= 0.3 is 6.18 Å². The van der Waals surface area contributed by atoms with E-state index in [9.17, 15) is 13.2 Å². The Labute approximate surface area is 194 Å². The van der Waals surface area contributed by atoms with Gasteiger partial charge in [-0.25, -0.2) is 10.4 Å². The molecule has 1 aromatic carbocycles. The third-order valence-corrected chi connectivity index (χ3v) is 7.63. The summed E-state index contributed by atoms with van der Waals surface area (Å²) in [7, 11) is 3.84. The van der Waals surface area contributed by atoms with Crippen molar-refractivity contribution < 1.29 is 13.2 Å². The molecule has 0 radical (unpaired) electrons. The first-order chi connectivity index (χ1) is 15.7. The second-order valence-corrected chi connectivity index (χ2v) is 9.91. The van der Waals surface area contributed by atoms with Gasteiger partial charge in [0.05, 0.1) is 17.3 Å². The quantitative estimate of drug-likeness (QED) is 0.412. The number of benzene rings is 1. The normalized spacial score (nSPS) is 23.0. The lowest BCUT2D eigenvalue weighted by atomic mass is 10.0. The molecule has 1 spiro atoms. The summed E-state index contributed by atoms with van der Waals surface area (Å²) in [6, 6.07) is 5.64. The van der Waals surface area contributed by atoms with Gasteiger partial charge in [0, 0.05) is 50.6 Å². The maximum absolute atomic E-state index is 12.8. The Morgan fingerprint density at radius 3 is 2.67 bits per heavy atom. The molecule has 1 aliphatic carbocycles. The van der Waals surface area contributed by atoms with Crippen molar-refractivity contribution >= 4 is 11.8 Å². The molecule has 2 aromatic heterocycles. The summed E-state index contributed by atoms with van der Waals surface area (Å²) in [4.78, 5) is 0. The van der Waals surface area contributed by atoms with Crippen LogP contribution in [0.3, 0.4) is 0 Å². The van der Waals surface area contributed by atoms with Crippen LogP contribution in [0.4, 0.5) is 13.2 Å². The maximum Gasteiger partial charge on any atom is 0.416 e. The van der Waals surface area contributed by atoms with Crippen LogP contribution >= 0.6 is 11.8 Å². The Hall–Kier alpha value is -2.37. The van der Waals surface area contributed by atoms with E-state index in [4.69, 9.17) is 0 Å². The highest BCUT2D eigenvalue weighted by atomic mass is 32.2. The van der Waals surface area contributed by atoms with Crippen LogP contribution in [0.2, 0.25) is 0 Å². The van der Waals surface area contributed by atoms with Crippen molar-refractivity contribution in [3.05, 3.63) is 47.8 Å². The molecule has 11 heteroatoms. The highest BCUT2D eigenvalue weighted by molar-refractivity contribution is 7.99. The van der Waals surface area contributed by atoms with Gasteiger partial charge < -0.3 is 4.57 Å². The third-order valence-electron chi connectivity index (χ3n) is 6.53. The molecule has 33 heavy (non-hydrogen) atoms. The van der Waals surface area contributed by atoms with Gasteiger partial charge in [-0.05, 0) is 37.0 Å². The van der Waals surface area contributed by atoms with E-state index in [-0.39, 0.29) is 11.5 Å². The number of hydrogen-bond acceptors (Lipinski definition) is 6. The number of halogens is 3. The molecular formula is C22H26F3N7S. The summed E-state index contributed by atoms with van der Waals surface area (Å²) >= 11 is 1.68. The van der Waals surface area contributed by atoms with Crippen molar-refractivity contribution in [2.24, 2.45) is 14.1 Å². The van der Waals surface area contributed by atoms with Crippen LogP contribution in [0.1, 0.15) is 36.3 Å². The average molecular weight is 478 g/mol. The zero-order valence-corrected chi connectivity index (χ0v) is 19.3. The number of nitrogens with one attached hydrogen (secondary N) is 1. The number of aryl methyl sites for hydroxylation is 1. The lowest BCUT2D eigenvalue weighted by molar-refractivity contribution is -0.137. The fourth-order valence-corrected chi connectivity index (χ4v) is 5.46. The molecule has 176 valence electrons. The lowest BCUT2D eigenvalue weighted by Gasteiger charge is -2.18. The largest absolute Gasteiger partial charge is 0.416 e. The zero-order chi connectivity index (χ0) is 23.2. The zero-order valence-electron chi connectivity index (χ0n) is 18.5. The molecule has 1 aliphatic heterocycles. The number of hydrazine groups is 1. The first-order valence-corrected chi connectivity index (χ1v) is 11.9. The van der Waals surface area contributed by atoms with Crippen molar-refractivity contribution in [1.82, 2.24) is 35.0 Å². The van der Waals surface area contributed by atoms with Crippen molar-refractivity contribution in [3.8, 4) is 11.4 Å². The highest BCUT2D eigenvalue weighted by Crippen LogP contribution is 2.55. The Kier molecular flexibility index (Phi) is 5.74. The van der Waals surface area contributed by atoms with Gasteiger partial charge in [-0.2, -0.15) is 18.3 Å². The van der Waals surface area contributed by atoms with Crippen LogP contribution < -0.4 is 5.43 Å². The van der Waals surface area contributed by atoms with Crippen molar-refractivity contribution in [3.63, 3.8) is 0 Å². The summed E-state index contributed by atoms with van der Waals surface area (Å²) in [5.74, 6) is 2.01. The molecule has 0 bridgehead atoms. The SMILES string of the molecule is Cn1cc(-c2nnc(SCCCN3CC[C@@]4(C[C@H]4c4ccc(C(F)(F)F)cc4)N3)n2C)cn1. The van der Waals surface area contributed by atoms with Crippen LogP contribution in [-0.2, 0) is 20.3 Å². The van der Waals surface area contributed by atoms with Gasteiger partial charge in [-0.1, -0.05) is 23.9 Å². The molecule has 3 heterocycles. The molecule has 1 saturated heterocycles. The highest BCUT2D eigenvalue weighted by Gasteiger charge is 2.57. The number of nitrogens with zero attached hydrogens (tertiary/aromatic N) is 6. The Balaban J connectivity index is 1.09. The number of rotatable bonds is 7. The van der Waals surface area contributed by atoms with Crippen molar-refractivity contribution in [1.29, 1.82) is 0 Å². The van der Waals surface area contributed by atoms with Gasteiger partial charge in [0.1, 0.15) is 0 Å². The predicted molar refractivity (Wildman–Crippen MR) is 119 cm³/mol. The maximum atomic E-state index is 12.8. The molecule has 0 unspecified atom stereocenters.